The quantitative estimate of drug-likeness (QED) is 0.678. The summed E-state index contributed by atoms with van der Waals surface area (Å²) in [5, 5.41) is 0. The van der Waals surface area contributed by atoms with E-state index in [1.165, 1.54) is 0 Å². The zero-order valence-corrected chi connectivity index (χ0v) is 12.7. The van der Waals surface area contributed by atoms with Gasteiger partial charge in [0.1, 0.15) is 0 Å². The standard InChI is InChI=1S/C12H23ClO4S/c1-3-4-11(2)17-9-12(10-18(13,14)15)5-7-16-8-6-12/h11H,3-10H2,1-2H3. The van der Waals surface area contributed by atoms with E-state index in [2.05, 4.69) is 6.92 Å². The minimum Gasteiger partial charge on any atom is -0.381 e. The number of rotatable bonds is 7. The molecule has 1 aliphatic heterocycles. The fourth-order valence-corrected chi connectivity index (χ4v) is 4.11. The first-order valence-corrected chi connectivity index (χ1v) is 8.96. The van der Waals surface area contributed by atoms with E-state index in [-0.39, 0.29) is 17.3 Å². The Bertz CT molecular complexity index is 336. The monoisotopic (exact) mass is 298 g/mol. The molecule has 0 spiro atoms. The fraction of sp³-hybridized carbons (Fsp3) is 1.00. The van der Waals surface area contributed by atoms with Gasteiger partial charge in [0.05, 0.1) is 18.5 Å². The SMILES string of the molecule is CCCC(C)OCC1(CS(=O)(=O)Cl)CCOCC1. The Labute approximate surface area is 114 Å². The van der Waals surface area contributed by atoms with E-state index in [4.69, 9.17) is 20.2 Å². The highest BCUT2D eigenvalue weighted by molar-refractivity contribution is 8.13. The number of halogens is 1. The Morgan fingerprint density at radius 3 is 2.50 bits per heavy atom. The van der Waals surface area contributed by atoms with Crippen molar-refractivity contribution >= 4 is 19.7 Å². The van der Waals surface area contributed by atoms with Gasteiger partial charge < -0.3 is 9.47 Å². The normalized spacial score (nSPS) is 21.7. The van der Waals surface area contributed by atoms with Crippen LogP contribution in [0.25, 0.3) is 0 Å². The van der Waals surface area contributed by atoms with Gasteiger partial charge in [-0.3, -0.25) is 0 Å². The molecule has 0 radical (unpaired) electrons. The van der Waals surface area contributed by atoms with E-state index in [1.807, 2.05) is 6.92 Å². The first-order chi connectivity index (χ1) is 8.37. The van der Waals surface area contributed by atoms with Crippen LogP contribution in [0.2, 0.25) is 0 Å². The lowest BCUT2D eigenvalue weighted by Gasteiger charge is -2.36. The Kier molecular flexibility index (Phi) is 6.38. The van der Waals surface area contributed by atoms with Crippen molar-refractivity contribution in [2.75, 3.05) is 25.6 Å². The van der Waals surface area contributed by atoms with Crippen LogP contribution in [0.4, 0.5) is 0 Å². The third-order valence-corrected chi connectivity index (χ3v) is 4.69. The summed E-state index contributed by atoms with van der Waals surface area (Å²) < 4.78 is 33.8. The van der Waals surface area contributed by atoms with E-state index in [1.54, 1.807) is 0 Å². The molecule has 0 aromatic heterocycles. The summed E-state index contributed by atoms with van der Waals surface area (Å²) in [7, 11) is 1.90. The van der Waals surface area contributed by atoms with Gasteiger partial charge >= 0.3 is 0 Å². The molecule has 1 unspecified atom stereocenters. The minimum atomic E-state index is -3.51. The zero-order chi connectivity index (χ0) is 13.6. The summed E-state index contributed by atoms with van der Waals surface area (Å²) in [5.74, 6) is -0.0240. The molecule has 18 heavy (non-hydrogen) atoms. The second-order valence-electron chi connectivity index (χ2n) is 5.21. The Morgan fingerprint density at radius 1 is 1.39 bits per heavy atom. The van der Waals surface area contributed by atoms with Crippen molar-refractivity contribution in [2.45, 2.75) is 45.6 Å². The van der Waals surface area contributed by atoms with Crippen LogP contribution in [-0.4, -0.2) is 40.1 Å². The van der Waals surface area contributed by atoms with Crippen molar-refractivity contribution in [3.05, 3.63) is 0 Å². The highest BCUT2D eigenvalue weighted by Crippen LogP contribution is 2.34. The smallest absolute Gasteiger partial charge is 0.233 e. The molecule has 1 heterocycles. The van der Waals surface area contributed by atoms with Crippen molar-refractivity contribution in [3.63, 3.8) is 0 Å². The molecule has 0 aliphatic carbocycles. The number of hydrogen-bond donors (Lipinski definition) is 0. The van der Waals surface area contributed by atoms with Gasteiger partial charge in [-0.1, -0.05) is 13.3 Å². The molecule has 1 saturated heterocycles. The summed E-state index contributed by atoms with van der Waals surface area (Å²) >= 11 is 0. The van der Waals surface area contributed by atoms with E-state index >= 15 is 0 Å². The lowest BCUT2D eigenvalue weighted by Crippen LogP contribution is -2.40. The van der Waals surface area contributed by atoms with Crippen LogP contribution < -0.4 is 0 Å². The molecule has 0 amide bonds. The van der Waals surface area contributed by atoms with Crippen LogP contribution >= 0.6 is 10.7 Å². The Morgan fingerprint density at radius 2 is 2.00 bits per heavy atom. The maximum atomic E-state index is 11.3. The molecule has 1 aliphatic rings. The predicted octanol–water partition coefficient (Wildman–Crippen LogP) is 2.56. The molecule has 1 fully saturated rings. The van der Waals surface area contributed by atoms with Crippen LogP contribution in [0, 0.1) is 5.41 Å². The van der Waals surface area contributed by atoms with E-state index in [0.717, 1.165) is 12.8 Å². The third kappa shape index (κ3) is 5.87. The molecule has 0 bridgehead atoms. The molecule has 0 aromatic rings. The average molecular weight is 299 g/mol. The molecular weight excluding hydrogens is 276 g/mol. The molecule has 0 aromatic carbocycles. The molecule has 1 rings (SSSR count). The molecule has 0 N–H and O–H groups in total. The molecule has 6 heteroatoms. The summed E-state index contributed by atoms with van der Waals surface area (Å²) in [5.41, 5.74) is -0.374. The maximum Gasteiger partial charge on any atom is 0.233 e. The van der Waals surface area contributed by atoms with Gasteiger partial charge in [0.2, 0.25) is 9.05 Å². The van der Waals surface area contributed by atoms with Gasteiger partial charge in [0.25, 0.3) is 0 Å². The molecule has 1 atom stereocenters. The van der Waals surface area contributed by atoms with Gasteiger partial charge in [-0.15, -0.1) is 0 Å². The lowest BCUT2D eigenvalue weighted by molar-refractivity contribution is -0.0501. The topological polar surface area (TPSA) is 52.6 Å². The van der Waals surface area contributed by atoms with Crippen molar-refractivity contribution in [1.29, 1.82) is 0 Å². The largest absolute Gasteiger partial charge is 0.381 e. The second-order valence-corrected chi connectivity index (χ2v) is 7.98. The molecular formula is C12H23ClO4S. The van der Waals surface area contributed by atoms with Gasteiger partial charge in [-0.2, -0.15) is 0 Å². The average Bonchev–Trinajstić information content (AvgIpc) is 2.26. The summed E-state index contributed by atoms with van der Waals surface area (Å²) in [6.07, 6.45) is 3.59. The van der Waals surface area contributed by atoms with Crippen LogP contribution in [0.15, 0.2) is 0 Å². The maximum absolute atomic E-state index is 11.3. The van der Waals surface area contributed by atoms with Crippen molar-refractivity contribution < 1.29 is 17.9 Å². The van der Waals surface area contributed by atoms with Gasteiger partial charge in [-0.05, 0) is 26.2 Å². The van der Waals surface area contributed by atoms with Crippen LogP contribution in [0.5, 0.6) is 0 Å². The van der Waals surface area contributed by atoms with Crippen molar-refractivity contribution in [2.24, 2.45) is 5.41 Å². The fourth-order valence-electron chi connectivity index (χ4n) is 2.31. The van der Waals surface area contributed by atoms with E-state index < -0.39 is 9.05 Å². The molecule has 0 saturated carbocycles. The van der Waals surface area contributed by atoms with Gasteiger partial charge in [-0.25, -0.2) is 8.42 Å². The van der Waals surface area contributed by atoms with Crippen molar-refractivity contribution in [1.82, 2.24) is 0 Å². The second kappa shape index (κ2) is 7.08. The summed E-state index contributed by atoms with van der Waals surface area (Å²) in [6, 6.07) is 0. The number of hydrogen-bond acceptors (Lipinski definition) is 4. The summed E-state index contributed by atoms with van der Waals surface area (Å²) in [4.78, 5) is 0. The van der Waals surface area contributed by atoms with Crippen LogP contribution in [0.3, 0.4) is 0 Å². The third-order valence-electron chi connectivity index (χ3n) is 3.40. The van der Waals surface area contributed by atoms with Crippen LogP contribution in [0.1, 0.15) is 39.5 Å². The van der Waals surface area contributed by atoms with Gasteiger partial charge in [0, 0.05) is 29.3 Å². The first-order valence-electron chi connectivity index (χ1n) is 6.48. The zero-order valence-electron chi connectivity index (χ0n) is 11.2. The molecule has 4 nitrogen and oxygen atoms in total. The highest BCUT2D eigenvalue weighted by Gasteiger charge is 2.37. The summed E-state index contributed by atoms with van der Waals surface area (Å²) in [6.45, 7) is 5.73. The lowest BCUT2D eigenvalue weighted by atomic mass is 9.83. The highest BCUT2D eigenvalue weighted by atomic mass is 35.7. The Hall–Kier alpha value is 0.160. The van der Waals surface area contributed by atoms with E-state index in [9.17, 15) is 8.42 Å². The first kappa shape index (κ1) is 16.2. The molecule has 108 valence electrons. The van der Waals surface area contributed by atoms with E-state index in [0.29, 0.717) is 32.7 Å². The van der Waals surface area contributed by atoms with Crippen LogP contribution in [-0.2, 0) is 18.5 Å². The predicted molar refractivity (Wildman–Crippen MR) is 72.4 cm³/mol. The Balaban J connectivity index is 2.60. The van der Waals surface area contributed by atoms with Crippen molar-refractivity contribution in [3.8, 4) is 0 Å². The number of ether oxygens (including phenoxy) is 2. The minimum absolute atomic E-state index is 0.0240. The van der Waals surface area contributed by atoms with Gasteiger partial charge in [0.15, 0.2) is 0 Å².